The van der Waals surface area contributed by atoms with E-state index in [1.807, 2.05) is 37.3 Å². The number of methoxy groups -OCH3 is 1. The number of ether oxygens (including phenoxy) is 2. The number of allylic oxidation sites excluding steroid dienone is 1. The van der Waals surface area contributed by atoms with Crippen molar-refractivity contribution in [3.05, 3.63) is 131 Å². The van der Waals surface area contributed by atoms with Crippen LogP contribution in [0.3, 0.4) is 0 Å². The molecule has 9 heteroatoms. The van der Waals surface area contributed by atoms with Crippen LogP contribution in [0.5, 0.6) is 5.75 Å². The number of hydrogen-bond donors (Lipinski definition) is 0. The number of rotatable bonds is 7. The molecule has 1 aromatic heterocycles. The van der Waals surface area contributed by atoms with Crippen LogP contribution in [0.4, 0.5) is 4.39 Å². The Morgan fingerprint density at radius 2 is 1.87 bits per heavy atom. The number of halogens is 2. The van der Waals surface area contributed by atoms with Gasteiger partial charge in [0.1, 0.15) is 18.2 Å². The molecule has 198 valence electrons. The largest absolute Gasteiger partial charge is 0.488 e. The minimum Gasteiger partial charge on any atom is -0.488 e. The van der Waals surface area contributed by atoms with Crippen molar-refractivity contribution in [1.29, 1.82) is 0 Å². The Morgan fingerprint density at radius 3 is 2.59 bits per heavy atom. The number of carbonyl (C=O) groups excluding carboxylic acids is 1. The maximum Gasteiger partial charge on any atom is 0.338 e. The summed E-state index contributed by atoms with van der Waals surface area (Å²) < 4.78 is 27.1. The Kier molecular flexibility index (Phi) is 7.77. The van der Waals surface area contributed by atoms with Crippen LogP contribution in [0.2, 0.25) is 5.02 Å². The molecule has 3 aromatic carbocycles. The molecule has 0 saturated carbocycles. The van der Waals surface area contributed by atoms with Gasteiger partial charge in [0.05, 0.1) is 29.0 Å². The summed E-state index contributed by atoms with van der Waals surface area (Å²) in [4.78, 5) is 31.9. The zero-order valence-electron chi connectivity index (χ0n) is 21.2. The fourth-order valence-corrected chi connectivity index (χ4v) is 5.68. The molecule has 0 radical (unpaired) electrons. The first-order valence-electron chi connectivity index (χ1n) is 12.2. The van der Waals surface area contributed by atoms with Gasteiger partial charge < -0.3 is 9.47 Å². The molecule has 2 heterocycles. The van der Waals surface area contributed by atoms with Gasteiger partial charge in [0, 0.05) is 16.1 Å². The molecule has 5 rings (SSSR count). The quantitative estimate of drug-likeness (QED) is 0.291. The topological polar surface area (TPSA) is 69.9 Å². The molecule has 0 spiro atoms. The average Bonchev–Trinajstić information content (AvgIpc) is 3.26. The number of hydrogen-bond acceptors (Lipinski definition) is 6. The second-order valence-electron chi connectivity index (χ2n) is 8.76. The molecule has 1 aliphatic heterocycles. The fraction of sp³-hybridized carbons (Fsp3) is 0.167. The summed E-state index contributed by atoms with van der Waals surface area (Å²) in [6.07, 6.45) is 2.17. The van der Waals surface area contributed by atoms with Crippen molar-refractivity contribution in [1.82, 2.24) is 4.57 Å². The van der Waals surface area contributed by atoms with Gasteiger partial charge in [0.2, 0.25) is 0 Å². The van der Waals surface area contributed by atoms with E-state index in [0.717, 1.165) is 5.56 Å². The van der Waals surface area contributed by atoms with Crippen molar-refractivity contribution >= 4 is 35.0 Å². The minimum absolute atomic E-state index is 0.00670. The van der Waals surface area contributed by atoms with E-state index in [9.17, 15) is 14.0 Å². The summed E-state index contributed by atoms with van der Waals surface area (Å²) >= 11 is 7.50. The Hall–Kier alpha value is -4.01. The van der Waals surface area contributed by atoms with Gasteiger partial charge >= 0.3 is 5.97 Å². The maximum atomic E-state index is 14.1. The molecule has 0 fully saturated rings. The van der Waals surface area contributed by atoms with Crippen LogP contribution in [-0.2, 0) is 16.1 Å². The highest BCUT2D eigenvalue weighted by atomic mass is 35.5. The standard InChI is InChI=1S/C30H24ClFN2O4S/c1-3-23-26(29(36)37-2)27(18-9-5-4-6-10-18)34-28(35)25(39-30(34)33-23)16-20-15-21(31)13-14-24(20)38-17-19-11-7-8-12-22(19)32/h4-16,27H,3,17H2,1-2H3/b25-16+/t27-/m0/s1. The van der Waals surface area contributed by atoms with Crippen LogP contribution in [0.15, 0.2) is 93.9 Å². The van der Waals surface area contributed by atoms with Crippen molar-refractivity contribution in [3.63, 3.8) is 0 Å². The van der Waals surface area contributed by atoms with Crippen molar-refractivity contribution < 1.29 is 18.7 Å². The lowest BCUT2D eigenvalue weighted by molar-refractivity contribution is -0.136. The molecule has 39 heavy (non-hydrogen) atoms. The van der Waals surface area contributed by atoms with Crippen LogP contribution >= 0.6 is 22.9 Å². The second kappa shape index (κ2) is 11.4. The highest BCUT2D eigenvalue weighted by Crippen LogP contribution is 2.32. The van der Waals surface area contributed by atoms with Crippen molar-refractivity contribution in [2.75, 3.05) is 7.11 Å². The normalized spacial score (nSPS) is 15.1. The summed E-state index contributed by atoms with van der Waals surface area (Å²) in [5, 5.41) is 0.454. The number of aromatic nitrogens is 1. The molecule has 0 N–H and O–H groups in total. The van der Waals surface area contributed by atoms with E-state index < -0.39 is 12.0 Å². The van der Waals surface area contributed by atoms with E-state index in [4.69, 9.17) is 21.1 Å². The van der Waals surface area contributed by atoms with Crippen molar-refractivity contribution in [3.8, 4) is 5.75 Å². The lowest BCUT2D eigenvalue weighted by Crippen LogP contribution is -2.40. The first-order valence-corrected chi connectivity index (χ1v) is 13.4. The highest BCUT2D eigenvalue weighted by molar-refractivity contribution is 7.07. The second-order valence-corrected chi connectivity index (χ2v) is 10.2. The molecule has 0 aliphatic carbocycles. The zero-order valence-corrected chi connectivity index (χ0v) is 22.8. The zero-order chi connectivity index (χ0) is 27.5. The molecule has 6 nitrogen and oxygen atoms in total. The van der Waals surface area contributed by atoms with Crippen LogP contribution in [-0.4, -0.2) is 17.6 Å². The molecule has 4 aromatic rings. The molecule has 0 bridgehead atoms. The van der Waals surface area contributed by atoms with E-state index >= 15 is 0 Å². The number of esters is 1. The monoisotopic (exact) mass is 562 g/mol. The average molecular weight is 563 g/mol. The third-order valence-corrected chi connectivity index (χ3v) is 7.58. The molecular weight excluding hydrogens is 539 g/mol. The van der Waals surface area contributed by atoms with Crippen molar-refractivity contribution in [2.24, 2.45) is 4.99 Å². The SMILES string of the molecule is CCC1=C(C(=O)OC)[C@H](c2ccccc2)n2c(s/c(=C/c3cc(Cl)ccc3OCc3ccccc3F)c2=O)=N1. The van der Waals surface area contributed by atoms with Crippen molar-refractivity contribution in [2.45, 2.75) is 26.0 Å². The van der Waals surface area contributed by atoms with E-state index in [1.165, 1.54) is 29.1 Å². The van der Waals surface area contributed by atoms with Gasteiger partial charge in [-0.15, -0.1) is 0 Å². The van der Waals surface area contributed by atoms with E-state index in [-0.39, 0.29) is 18.0 Å². The predicted molar refractivity (Wildman–Crippen MR) is 149 cm³/mol. The number of fused-ring (bicyclic) bond motifs is 1. The van der Waals surface area contributed by atoms with Gasteiger partial charge in [-0.25, -0.2) is 14.2 Å². The number of carbonyl (C=O) groups is 1. The molecule has 0 amide bonds. The Morgan fingerprint density at radius 1 is 1.13 bits per heavy atom. The van der Waals surface area contributed by atoms with Gasteiger partial charge in [-0.05, 0) is 42.3 Å². The molecule has 0 unspecified atom stereocenters. The smallest absolute Gasteiger partial charge is 0.338 e. The minimum atomic E-state index is -0.692. The van der Waals surface area contributed by atoms with Gasteiger partial charge in [0.15, 0.2) is 4.80 Å². The predicted octanol–water partition coefficient (Wildman–Crippen LogP) is 5.17. The summed E-state index contributed by atoms with van der Waals surface area (Å²) in [6, 6.07) is 20.0. The molecule has 0 saturated heterocycles. The van der Waals surface area contributed by atoms with Crippen LogP contribution in [0.1, 0.15) is 36.1 Å². The first kappa shape index (κ1) is 26.6. The summed E-state index contributed by atoms with van der Waals surface area (Å²) in [6.45, 7) is 1.91. The van der Waals surface area contributed by atoms with E-state index in [0.29, 0.717) is 48.9 Å². The first-order chi connectivity index (χ1) is 18.9. The summed E-state index contributed by atoms with van der Waals surface area (Å²) in [5.74, 6) is -0.453. The fourth-order valence-electron chi connectivity index (χ4n) is 4.49. The Balaban J connectivity index is 1.64. The van der Waals surface area contributed by atoms with Gasteiger partial charge in [-0.2, -0.15) is 0 Å². The van der Waals surface area contributed by atoms with E-state index in [2.05, 4.69) is 4.99 Å². The third-order valence-electron chi connectivity index (χ3n) is 6.37. The number of nitrogens with zero attached hydrogens (tertiary/aromatic N) is 2. The Bertz CT molecular complexity index is 1760. The lowest BCUT2D eigenvalue weighted by atomic mass is 9.95. The maximum absolute atomic E-state index is 14.1. The molecule has 1 aliphatic rings. The summed E-state index contributed by atoms with van der Waals surface area (Å²) in [7, 11) is 1.32. The molecular formula is C30H24ClFN2O4S. The number of benzene rings is 3. The Labute approximate surface area is 232 Å². The lowest BCUT2D eigenvalue weighted by Gasteiger charge is -2.25. The van der Waals surface area contributed by atoms with Crippen LogP contribution in [0, 0.1) is 5.82 Å². The van der Waals surface area contributed by atoms with Gasteiger partial charge in [0.25, 0.3) is 5.56 Å². The third kappa shape index (κ3) is 5.30. The van der Waals surface area contributed by atoms with Gasteiger partial charge in [-0.3, -0.25) is 9.36 Å². The number of thiazole rings is 1. The van der Waals surface area contributed by atoms with Crippen LogP contribution < -0.4 is 19.6 Å². The van der Waals surface area contributed by atoms with Crippen LogP contribution in [0.25, 0.3) is 6.08 Å². The molecule has 1 atom stereocenters. The van der Waals surface area contributed by atoms with Gasteiger partial charge in [-0.1, -0.05) is 78.4 Å². The van der Waals surface area contributed by atoms with E-state index in [1.54, 1.807) is 42.5 Å². The highest BCUT2D eigenvalue weighted by Gasteiger charge is 2.33. The summed E-state index contributed by atoms with van der Waals surface area (Å²) in [5.41, 5.74) is 2.32.